The maximum atomic E-state index is 13.5. The van der Waals surface area contributed by atoms with Crippen molar-refractivity contribution in [3.05, 3.63) is 23.0 Å². The van der Waals surface area contributed by atoms with Crippen LogP contribution in [0.3, 0.4) is 0 Å². The smallest absolute Gasteiger partial charge is 0.452 e. The van der Waals surface area contributed by atoms with Gasteiger partial charge in [0.15, 0.2) is 5.82 Å². The molecule has 0 aliphatic carbocycles. The number of hydrogen-bond donors (Lipinski definition) is 0. The molecule has 116 valence electrons. The lowest BCUT2D eigenvalue weighted by molar-refractivity contribution is -0.169. The Balaban J connectivity index is 2.90. The first kappa shape index (κ1) is 17.4. The molecule has 0 atom stereocenters. The van der Waals surface area contributed by atoms with Crippen molar-refractivity contribution in [3.8, 4) is 5.75 Å². The SMILES string of the molecule is CC(C)Oc1cc(N=NCC(=O)C(F)(F)F)c(F)cc1Cl. The first-order chi connectivity index (χ1) is 9.61. The molecule has 0 fully saturated rings. The molecule has 9 heteroatoms. The molecule has 0 aliphatic heterocycles. The van der Waals surface area contributed by atoms with Crippen molar-refractivity contribution >= 4 is 23.1 Å². The number of ether oxygens (including phenoxy) is 1. The zero-order chi connectivity index (χ0) is 16.2. The third kappa shape index (κ3) is 5.30. The molecule has 0 radical (unpaired) electrons. The largest absolute Gasteiger partial charge is 0.489 e. The minimum Gasteiger partial charge on any atom is -0.489 e. The number of azo groups is 1. The average Bonchev–Trinajstić information content (AvgIpc) is 2.32. The summed E-state index contributed by atoms with van der Waals surface area (Å²) >= 11 is 5.75. The molecule has 1 aromatic rings. The number of carbonyl (C=O) groups excluding carboxylic acids is 1. The zero-order valence-electron chi connectivity index (χ0n) is 11.0. The van der Waals surface area contributed by atoms with Gasteiger partial charge in [-0.05, 0) is 19.9 Å². The predicted molar refractivity (Wildman–Crippen MR) is 67.6 cm³/mol. The highest BCUT2D eigenvalue weighted by Crippen LogP contribution is 2.32. The highest BCUT2D eigenvalue weighted by atomic mass is 35.5. The van der Waals surface area contributed by atoms with Gasteiger partial charge in [0, 0.05) is 6.07 Å². The van der Waals surface area contributed by atoms with Gasteiger partial charge in [-0.3, -0.25) is 4.79 Å². The highest BCUT2D eigenvalue weighted by Gasteiger charge is 2.37. The molecule has 0 unspecified atom stereocenters. The van der Waals surface area contributed by atoms with Crippen LogP contribution in [0.2, 0.25) is 5.02 Å². The average molecular weight is 327 g/mol. The summed E-state index contributed by atoms with van der Waals surface area (Å²) in [5, 5.41) is 6.29. The van der Waals surface area contributed by atoms with Crippen LogP contribution < -0.4 is 4.74 Å². The number of nitrogens with zero attached hydrogens (tertiary/aromatic N) is 2. The van der Waals surface area contributed by atoms with E-state index in [9.17, 15) is 22.4 Å². The molecule has 0 saturated heterocycles. The number of Topliss-reactive ketones (excluding diaryl/α,β-unsaturated/α-hetero) is 1. The van der Waals surface area contributed by atoms with Crippen LogP contribution in [0.15, 0.2) is 22.4 Å². The van der Waals surface area contributed by atoms with E-state index < -0.39 is 24.3 Å². The van der Waals surface area contributed by atoms with Crippen molar-refractivity contribution in [3.63, 3.8) is 0 Å². The lowest BCUT2D eigenvalue weighted by atomic mass is 10.3. The number of carbonyl (C=O) groups is 1. The molecular weight excluding hydrogens is 316 g/mol. The van der Waals surface area contributed by atoms with Gasteiger partial charge in [-0.2, -0.15) is 23.4 Å². The van der Waals surface area contributed by atoms with Crippen molar-refractivity contribution in [1.82, 2.24) is 0 Å². The van der Waals surface area contributed by atoms with Crippen molar-refractivity contribution < 1.29 is 27.1 Å². The number of hydrogen-bond acceptors (Lipinski definition) is 4. The van der Waals surface area contributed by atoms with E-state index in [1.807, 2.05) is 0 Å². The minimum atomic E-state index is -5.00. The lowest BCUT2D eigenvalue weighted by Crippen LogP contribution is -2.24. The van der Waals surface area contributed by atoms with Crippen LogP contribution in [0, 0.1) is 5.82 Å². The maximum absolute atomic E-state index is 13.5. The maximum Gasteiger partial charge on any atom is 0.452 e. The van der Waals surface area contributed by atoms with Crippen LogP contribution >= 0.6 is 11.6 Å². The van der Waals surface area contributed by atoms with Crippen LogP contribution in [0.5, 0.6) is 5.75 Å². The van der Waals surface area contributed by atoms with Gasteiger partial charge in [0.1, 0.15) is 18.0 Å². The Hall–Kier alpha value is -1.70. The fraction of sp³-hybridized carbons (Fsp3) is 0.417. The molecular formula is C12H11ClF4N2O2. The molecule has 0 saturated carbocycles. The summed E-state index contributed by atoms with van der Waals surface area (Å²) in [6, 6.07) is 2.00. The summed E-state index contributed by atoms with van der Waals surface area (Å²) in [7, 11) is 0. The summed E-state index contributed by atoms with van der Waals surface area (Å²) in [5.74, 6) is -2.84. The van der Waals surface area contributed by atoms with Crippen LogP contribution in [-0.4, -0.2) is 24.6 Å². The molecule has 21 heavy (non-hydrogen) atoms. The Morgan fingerprint density at radius 3 is 2.52 bits per heavy atom. The van der Waals surface area contributed by atoms with E-state index in [1.54, 1.807) is 13.8 Å². The Bertz CT molecular complexity index is 559. The van der Waals surface area contributed by atoms with E-state index >= 15 is 0 Å². The number of benzene rings is 1. The summed E-state index contributed by atoms with van der Waals surface area (Å²) in [4.78, 5) is 10.6. The van der Waals surface area contributed by atoms with Gasteiger partial charge in [-0.25, -0.2) is 4.39 Å². The topological polar surface area (TPSA) is 51.0 Å². The fourth-order valence-electron chi connectivity index (χ4n) is 1.20. The van der Waals surface area contributed by atoms with Gasteiger partial charge in [0.2, 0.25) is 0 Å². The summed E-state index contributed by atoms with van der Waals surface area (Å²) < 4.78 is 54.7. The Morgan fingerprint density at radius 2 is 2.00 bits per heavy atom. The van der Waals surface area contributed by atoms with Gasteiger partial charge in [-0.15, -0.1) is 0 Å². The molecule has 0 heterocycles. The molecule has 0 amide bonds. The van der Waals surface area contributed by atoms with Crippen molar-refractivity contribution in [2.75, 3.05) is 6.54 Å². The van der Waals surface area contributed by atoms with Gasteiger partial charge in [-0.1, -0.05) is 11.6 Å². The molecule has 0 aliphatic rings. The van der Waals surface area contributed by atoms with E-state index in [0.29, 0.717) is 0 Å². The number of halogens is 5. The van der Waals surface area contributed by atoms with Gasteiger partial charge < -0.3 is 4.74 Å². The molecule has 0 aromatic heterocycles. The number of alkyl halides is 3. The third-order valence-corrected chi connectivity index (χ3v) is 2.37. The second kappa shape index (κ2) is 6.84. The Labute approximate surface area is 122 Å². The molecule has 1 aromatic carbocycles. The van der Waals surface area contributed by atoms with E-state index in [4.69, 9.17) is 16.3 Å². The van der Waals surface area contributed by atoms with Crippen molar-refractivity contribution in [2.45, 2.75) is 26.1 Å². The van der Waals surface area contributed by atoms with Gasteiger partial charge >= 0.3 is 6.18 Å². The van der Waals surface area contributed by atoms with Crippen molar-refractivity contribution in [1.29, 1.82) is 0 Å². The first-order valence-electron chi connectivity index (χ1n) is 5.74. The van der Waals surface area contributed by atoms with Crippen LogP contribution in [0.25, 0.3) is 0 Å². The van der Waals surface area contributed by atoms with Crippen LogP contribution in [0.1, 0.15) is 13.8 Å². The minimum absolute atomic E-state index is 0.00785. The van der Waals surface area contributed by atoms with Gasteiger partial charge in [0.25, 0.3) is 5.78 Å². The highest BCUT2D eigenvalue weighted by molar-refractivity contribution is 6.32. The monoisotopic (exact) mass is 326 g/mol. The standard InChI is InChI=1S/C12H11ClF4N2O2/c1-6(2)21-10-4-9(8(14)3-7(10)13)19-18-5-11(20)12(15,16)17/h3-4,6H,5H2,1-2H3. The zero-order valence-corrected chi connectivity index (χ0v) is 11.8. The fourth-order valence-corrected chi connectivity index (χ4v) is 1.40. The molecule has 0 spiro atoms. The normalized spacial score (nSPS) is 12.2. The third-order valence-electron chi connectivity index (χ3n) is 2.07. The first-order valence-corrected chi connectivity index (χ1v) is 6.12. The van der Waals surface area contributed by atoms with Crippen LogP contribution in [-0.2, 0) is 4.79 Å². The Kier molecular flexibility index (Phi) is 5.65. The number of ketones is 1. The lowest BCUT2D eigenvalue weighted by Gasteiger charge is -2.11. The predicted octanol–water partition coefficient (Wildman–Crippen LogP) is 4.48. The summed E-state index contributed by atoms with van der Waals surface area (Å²) in [6.45, 7) is 2.21. The second-order valence-corrected chi connectivity index (χ2v) is 4.63. The van der Waals surface area contributed by atoms with E-state index in [-0.39, 0.29) is 22.6 Å². The van der Waals surface area contributed by atoms with Crippen LogP contribution in [0.4, 0.5) is 23.2 Å². The summed E-state index contributed by atoms with van der Waals surface area (Å²) in [5.41, 5.74) is -0.370. The summed E-state index contributed by atoms with van der Waals surface area (Å²) in [6.07, 6.45) is -5.24. The van der Waals surface area contributed by atoms with E-state index in [1.165, 1.54) is 0 Å². The van der Waals surface area contributed by atoms with Crippen molar-refractivity contribution in [2.24, 2.45) is 10.2 Å². The molecule has 1 rings (SSSR count). The number of rotatable bonds is 5. The molecule has 0 N–H and O–H groups in total. The molecule has 0 bridgehead atoms. The van der Waals surface area contributed by atoms with E-state index in [2.05, 4.69) is 10.2 Å². The Morgan fingerprint density at radius 1 is 1.38 bits per heavy atom. The second-order valence-electron chi connectivity index (χ2n) is 4.22. The quantitative estimate of drug-likeness (QED) is 0.591. The van der Waals surface area contributed by atoms with Gasteiger partial charge in [0.05, 0.1) is 11.1 Å². The van der Waals surface area contributed by atoms with E-state index in [0.717, 1.165) is 12.1 Å². The molecule has 4 nitrogen and oxygen atoms in total.